The minimum absolute atomic E-state index is 0.0220. The summed E-state index contributed by atoms with van der Waals surface area (Å²) in [5, 5.41) is 0. The highest BCUT2D eigenvalue weighted by atomic mass is 32.2. The largest absolute Gasteiger partial charge is 0.378 e. The number of carbonyl (C=O) groups is 1. The summed E-state index contributed by atoms with van der Waals surface area (Å²) in [6.07, 6.45) is 0. The first kappa shape index (κ1) is 20.5. The molecule has 0 aliphatic heterocycles. The molecule has 0 saturated carbocycles. The van der Waals surface area contributed by atoms with Gasteiger partial charge in [-0.1, -0.05) is 24.3 Å². The van der Waals surface area contributed by atoms with Gasteiger partial charge in [-0.2, -0.15) is 0 Å². The molecule has 0 aromatic heterocycles. The molecule has 0 heterocycles. The second-order valence-corrected chi connectivity index (χ2v) is 8.52. The third-order valence-corrected chi connectivity index (χ3v) is 6.23. The number of hydrogen-bond donors (Lipinski definition) is 0. The second kappa shape index (κ2) is 8.05. The lowest BCUT2D eigenvalue weighted by molar-refractivity contribution is -0.115. The number of carbonyl (C=O) groups excluding carboxylic acids is 1. The quantitative estimate of drug-likeness (QED) is 0.627. The van der Waals surface area contributed by atoms with Crippen LogP contribution in [-0.2, 0) is 14.8 Å². The second-order valence-electron chi connectivity index (χ2n) is 6.73. The molecule has 0 aliphatic rings. The van der Waals surface area contributed by atoms with Crippen LogP contribution in [0.15, 0.2) is 77.7 Å². The number of nitrogens with zero attached hydrogens (tertiary/aromatic N) is 2. The van der Waals surface area contributed by atoms with Crippen LogP contribution in [0.25, 0.3) is 11.1 Å². The Kier molecular flexibility index (Phi) is 5.70. The standard InChI is InChI=1S/C22H21FN2O3S/c1-16(26)25(21-13-11-20(12-14-21)24(2)3)29(27,28)22-6-4-5-18(15-22)17-7-9-19(23)10-8-17/h4-15H,1-3H3. The van der Waals surface area contributed by atoms with Crippen molar-refractivity contribution in [2.24, 2.45) is 0 Å². The molecule has 0 radical (unpaired) electrons. The molecular formula is C22H21FN2O3S. The SMILES string of the molecule is CC(=O)N(c1ccc(N(C)C)cc1)S(=O)(=O)c1cccc(-c2ccc(F)cc2)c1. The fraction of sp³-hybridized carbons (Fsp3) is 0.136. The lowest BCUT2D eigenvalue weighted by Crippen LogP contribution is -2.35. The molecule has 7 heteroatoms. The Labute approximate surface area is 170 Å². The molecule has 0 fully saturated rings. The maximum Gasteiger partial charge on any atom is 0.270 e. The fourth-order valence-corrected chi connectivity index (χ4v) is 4.43. The average molecular weight is 412 g/mol. The fourth-order valence-electron chi connectivity index (χ4n) is 2.96. The molecule has 0 saturated heterocycles. The van der Waals surface area contributed by atoms with E-state index in [0.717, 1.165) is 9.99 Å². The van der Waals surface area contributed by atoms with Crippen molar-refractivity contribution < 1.29 is 17.6 Å². The summed E-state index contributed by atoms with van der Waals surface area (Å²) >= 11 is 0. The molecule has 3 aromatic carbocycles. The van der Waals surface area contributed by atoms with E-state index in [1.54, 1.807) is 48.5 Å². The molecule has 0 spiro atoms. The number of amides is 1. The van der Waals surface area contributed by atoms with E-state index in [0.29, 0.717) is 11.1 Å². The third-order valence-electron chi connectivity index (χ3n) is 4.44. The number of benzene rings is 3. The molecule has 5 nitrogen and oxygen atoms in total. The molecule has 0 aliphatic carbocycles. The molecule has 0 bridgehead atoms. The number of anilines is 2. The zero-order chi connectivity index (χ0) is 21.2. The van der Waals surface area contributed by atoms with Gasteiger partial charge >= 0.3 is 0 Å². The molecular weight excluding hydrogens is 391 g/mol. The topological polar surface area (TPSA) is 57.7 Å². The minimum atomic E-state index is -4.13. The van der Waals surface area contributed by atoms with Crippen molar-refractivity contribution in [2.45, 2.75) is 11.8 Å². The Bertz CT molecular complexity index is 1130. The number of hydrogen-bond acceptors (Lipinski definition) is 4. The molecule has 3 aromatic rings. The van der Waals surface area contributed by atoms with Gasteiger partial charge in [-0.3, -0.25) is 4.79 Å². The van der Waals surface area contributed by atoms with E-state index >= 15 is 0 Å². The van der Waals surface area contributed by atoms with Gasteiger partial charge in [0.2, 0.25) is 5.91 Å². The van der Waals surface area contributed by atoms with Gasteiger partial charge in [0, 0.05) is 26.7 Å². The Balaban J connectivity index is 2.04. The van der Waals surface area contributed by atoms with Crippen molar-refractivity contribution in [1.82, 2.24) is 0 Å². The summed E-state index contributed by atoms with van der Waals surface area (Å²) in [6, 6.07) is 18.7. The molecule has 0 atom stereocenters. The van der Waals surface area contributed by atoms with Gasteiger partial charge in [0.05, 0.1) is 10.6 Å². The van der Waals surface area contributed by atoms with E-state index in [-0.39, 0.29) is 16.4 Å². The Morgan fingerprint density at radius 2 is 1.41 bits per heavy atom. The molecule has 150 valence electrons. The van der Waals surface area contributed by atoms with Gasteiger partial charge < -0.3 is 4.90 Å². The normalized spacial score (nSPS) is 11.2. The van der Waals surface area contributed by atoms with Crippen molar-refractivity contribution in [3.05, 3.63) is 78.6 Å². The first-order chi connectivity index (χ1) is 13.7. The lowest BCUT2D eigenvalue weighted by Gasteiger charge is -2.22. The van der Waals surface area contributed by atoms with Crippen LogP contribution in [0.5, 0.6) is 0 Å². The van der Waals surface area contributed by atoms with Gasteiger partial charge in [-0.25, -0.2) is 17.1 Å². The highest BCUT2D eigenvalue weighted by Gasteiger charge is 2.29. The predicted molar refractivity (Wildman–Crippen MR) is 113 cm³/mol. The summed E-state index contributed by atoms with van der Waals surface area (Å²) in [6.45, 7) is 1.21. The van der Waals surface area contributed by atoms with E-state index in [4.69, 9.17) is 0 Å². The van der Waals surface area contributed by atoms with Crippen molar-refractivity contribution in [1.29, 1.82) is 0 Å². The van der Waals surface area contributed by atoms with Crippen LogP contribution >= 0.6 is 0 Å². The third kappa shape index (κ3) is 4.30. The summed E-state index contributed by atoms with van der Waals surface area (Å²) < 4.78 is 40.5. The highest BCUT2D eigenvalue weighted by molar-refractivity contribution is 7.93. The number of halogens is 1. The lowest BCUT2D eigenvalue weighted by atomic mass is 10.1. The Morgan fingerprint density at radius 3 is 1.97 bits per heavy atom. The van der Waals surface area contributed by atoms with E-state index in [2.05, 4.69) is 0 Å². The van der Waals surface area contributed by atoms with Gasteiger partial charge in [-0.15, -0.1) is 0 Å². The minimum Gasteiger partial charge on any atom is -0.378 e. The molecule has 0 N–H and O–H groups in total. The number of rotatable bonds is 5. The molecule has 1 amide bonds. The zero-order valence-electron chi connectivity index (χ0n) is 16.3. The summed E-state index contributed by atoms with van der Waals surface area (Å²) in [5.74, 6) is -0.990. The smallest absolute Gasteiger partial charge is 0.270 e. The first-order valence-corrected chi connectivity index (χ1v) is 10.3. The highest BCUT2D eigenvalue weighted by Crippen LogP contribution is 2.29. The Hall–Kier alpha value is -3.19. The van der Waals surface area contributed by atoms with E-state index in [1.165, 1.54) is 31.2 Å². The Morgan fingerprint density at radius 1 is 0.828 bits per heavy atom. The van der Waals surface area contributed by atoms with Gasteiger partial charge in [-0.05, 0) is 59.7 Å². The van der Waals surface area contributed by atoms with Crippen molar-refractivity contribution >= 4 is 27.3 Å². The van der Waals surface area contributed by atoms with Crippen molar-refractivity contribution in [2.75, 3.05) is 23.3 Å². The van der Waals surface area contributed by atoms with Crippen LogP contribution in [-0.4, -0.2) is 28.4 Å². The summed E-state index contributed by atoms with van der Waals surface area (Å²) in [7, 11) is -0.388. The monoisotopic (exact) mass is 412 g/mol. The van der Waals surface area contributed by atoms with Crippen LogP contribution < -0.4 is 9.21 Å². The molecule has 29 heavy (non-hydrogen) atoms. The van der Waals surface area contributed by atoms with Crippen LogP contribution in [0.1, 0.15) is 6.92 Å². The average Bonchev–Trinajstić information content (AvgIpc) is 2.68. The van der Waals surface area contributed by atoms with Crippen LogP contribution in [0.3, 0.4) is 0 Å². The van der Waals surface area contributed by atoms with E-state index in [1.807, 2.05) is 19.0 Å². The van der Waals surface area contributed by atoms with Gasteiger partial charge in [0.25, 0.3) is 10.0 Å². The van der Waals surface area contributed by atoms with Crippen molar-refractivity contribution in [3.8, 4) is 11.1 Å². The first-order valence-electron chi connectivity index (χ1n) is 8.89. The summed E-state index contributed by atoms with van der Waals surface area (Å²) in [5.41, 5.74) is 2.42. The summed E-state index contributed by atoms with van der Waals surface area (Å²) in [4.78, 5) is 14.1. The zero-order valence-corrected chi connectivity index (χ0v) is 17.2. The molecule has 0 unspecified atom stereocenters. The van der Waals surface area contributed by atoms with E-state index in [9.17, 15) is 17.6 Å². The molecule has 3 rings (SSSR count). The van der Waals surface area contributed by atoms with Crippen LogP contribution in [0.4, 0.5) is 15.8 Å². The van der Waals surface area contributed by atoms with Crippen LogP contribution in [0.2, 0.25) is 0 Å². The van der Waals surface area contributed by atoms with Gasteiger partial charge in [0.15, 0.2) is 0 Å². The predicted octanol–water partition coefficient (Wildman–Crippen LogP) is 4.30. The number of sulfonamides is 1. The van der Waals surface area contributed by atoms with Crippen LogP contribution in [0, 0.1) is 5.82 Å². The van der Waals surface area contributed by atoms with Gasteiger partial charge in [0.1, 0.15) is 5.82 Å². The maximum atomic E-state index is 13.3. The van der Waals surface area contributed by atoms with E-state index < -0.39 is 15.9 Å². The van der Waals surface area contributed by atoms with Crippen molar-refractivity contribution in [3.63, 3.8) is 0 Å². The maximum absolute atomic E-state index is 13.3.